The Kier molecular flexibility index (Phi) is 6.43. The van der Waals surface area contributed by atoms with Gasteiger partial charge in [0.1, 0.15) is 0 Å². The van der Waals surface area contributed by atoms with E-state index < -0.39 is 10.0 Å². The predicted molar refractivity (Wildman–Crippen MR) is 111 cm³/mol. The molecule has 2 aromatic carbocycles. The fourth-order valence-corrected chi connectivity index (χ4v) is 5.22. The summed E-state index contributed by atoms with van der Waals surface area (Å²) >= 11 is 5.88. The van der Waals surface area contributed by atoms with E-state index in [0.29, 0.717) is 48.9 Å². The van der Waals surface area contributed by atoms with Gasteiger partial charge in [0, 0.05) is 37.6 Å². The number of carbonyl (C=O) groups excluding carboxylic acids is 1. The number of sulfonamides is 1. The highest BCUT2D eigenvalue weighted by molar-refractivity contribution is 7.89. The third kappa shape index (κ3) is 4.74. The van der Waals surface area contributed by atoms with Crippen LogP contribution in [0, 0.1) is 13.8 Å². The molecule has 0 N–H and O–H groups in total. The van der Waals surface area contributed by atoms with Crippen molar-refractivity contribution >= 4 is 27.5 Å². The normalized spacial score (nSPS) is 15.6. The average Bonchev–Trinajstić information content (AvgIpc) is 2.67. The molecule has 0 radical (unpaired) electrons. The Bertz CT molecular complexity index is 950. The van der Waals surface area contributed by atoms with Crippen molar-refractivity contribution in [3.8, 4) is 0 Å². The standard InChI is InChI=1S/C21H25ClN2O3S/c1-16-3-9-20(17(2)15-16)28(26,27)24-13-11-23(12-14-24)21(25)10-6-18-4-7-19(22)8-5-18/h3-5,7-9,15H,6,10-14H2,1-2H3. The van der Waals surface area contributed by atoms with Crippen molar-refractivity contribution in [1.29, 1.82) is 0 Å². The minimum atomic E-state index is -3.54. The van der Waals surface area contributed by atoms with Crippen molar-refractivity contribution in [3.63, 3.8) is 0 Å². The Labute approximate surface area is 172 Å². The lowest BCUT2D eigenvalue weighted by Gasteiger charge is -2.34. The van der Waals surface area contributed by atoms with Gasteiger partial charge in [-0.15, -0.1) is 0 Å². The molecule has 1 amide bonds. The van der Waals surface area contributed by atoms with E-state index >= 15 is 0 Å². The number of carbonyl (C=O) groups is 1. The van der Waals surface area contributed by atoms with Gasteiger partial charge < -0.3 is 4.90 Å². The molecule has 150 valence electrons. The molecule has 0 unspecified atom stereocenters. The molecule has 7 heteroatoms. The first-order valence-electron chi connectivity index (χ1n) is 9.37. The van der Waals surface area contributed by atoms with Gasteiger partial charge in [-0.1, -0.05) is 41.4 Å². The summed E-state index contributed by atoms with van der Waals surface area (Å²) in [6.07, 6.45) is 1.06. The van der Waals surface area contributed by atoms with E-state index in [-0.39, 0.29) is 5.91 Å². The zero-order valence-corrected chi connectivity index (χ0v) is 17.8. The van der Waals surface area contributed by atoms with E-state index in [1.807, 2.05) is 50.2 Å². The second-order valence-corrected chi connectivity index (χ2v) is 9.52. The number of benzene rings is 2. The van der Waals surface area contributed by atoms with Crippen LogP contribution >= 0.6 is 11.6 Å². The maximum Gasteiger partial charge on any atom is 0.243 e. The number of piperazine rings is 1. The van der Waals surface area contributed by atoms with Crippen molar-refractivity contribution < 1.29 is 13.2 Å². The molecular formula is C21H25ClN2O3S. The second kappa shape index (κ2) is 8.64. The van der Waals surface area contributed by atoms with Gasteiger partial charge in [0.2, 0.25) is 15.9 Å². The van der Waals surface area contributed by atoms with E-state index in [0.717, 1.165) is 16.7 Å². The Morgan fingerprint density at radius 3 is 2.25 bits per heavy atom. The number of halogens is 1. The lowest BCUT2D eigenvalue weighted by atomic mass is 10.1. The maximum absolute atomic E-state index is 12.9. The molecule has 0 spiro atoms. The highest BCUT2D eigenvalue weighted by atomic mass is 35.5. The van der Waals surface area contributed by atoms with E-state index in [1.165, 1.54) is 4.31 Å². The highest BCUT2D eigenvalue weighted by Crippen LogP contribution is 2.22. The van der Waals surface area contributed by atoms with E-state index in [4.69, 9.17) is 11.6 Å². The lowest BCUT2D eigenvalue weighted by molar-refractivity contribution is -0.132. The summed E-state index contributed by atoms with van der Waals surface area (Å²) in [5.41, 5.74) is 2.85. The molecule has 5 nitrogen and oxygen atoms in total. The molecule has 0 aliphatic carbocycles. The zero-order chi connectivity index (χ0) is 20.3. The predicted octanol–water partition coefficient (Wildman–Crippen LogP) is 3.42. The molecule has 0 saturated carbocycles. The first-order valence-corrected chi connectivity index (χ1v) is 11.2. The first kappa shape index (κ1) is 20.8. The molecule has 1 aliphatic rings. The van der Waals surface area contributed by atoms with Crippen LogP contribution in [0.15, 0.2) is 47.4 Å². The van der Waals surface area contributed by atoms with Gasteiger partial charge in [-0.25, -0.2) is 8.42 Å². The van der Waals surface area contributed by atoms with Gasteiger partial charge in [-0.2, -0.15) is 4.31 Å². The zero-order valence-electron chi connectivity index (χ0n) is 16.2. The highest BCUT2D eigenvalue weighted by Gasteiger charge is 2.30. The summed E-state index contributed by atoms with van der Waals surface area (Å²) in [6.45, 7) is 5.24. The van der Waals surface area contributed by atoms with Gasteiger partial charge in [0.15, 0.2) is 0 Å². The molecule has 0 aromatic heterocycles. The number of amides is 1. The largest absolute Gasteiger partial charge is 0.340 e. The van der Waals surface area contributed by atoms with Crippen LogP contribution in [0.1, 0.15) is 23.1 Å². The second-order valence-electron chi connectivity index (χ2n) is 7.18. The summed E-state index contributed by atoms with van der Waals surface area (Å²) in [7, 11) is -3.54. The fourth-order valence-electron chi connectivity index (χ4n) is 3.47. The van der Waals surface area contributed by atoms with Crippen LogP contribution in [0.25, 0.3) is 0 Å². The van der Waals surface area contributed by atoms with Crippen LogP contribution in [0.3, 0.4) is 0 Å². The van der Waals surface area contributed by atoms with Crippen LogP contribution in [-0.2, 0) is 21.2 Å². The number of aryl methyl sites for hydroxylation is 3. The van der Waals surface area contributed by atoms with Gasteiger partial charge in [0.25, 0.3) is 0 Å². The Morgan fingerprint density at radius 2 is 1.64 bits per heavy atom. The maximum atomic E-state index is 12.9. The molecule has 1 fully saturated rings. The van der Waals surface area contributed by atoms with E-state index in [1.54, 1.807) is 11.0 Å². The van der Waals surface area contributed by atoms with Crippen molar-refractivity contribution in [2.24, 2.45) is 0 Å². The monoisotopic (exact) mass is 420 g/mol. The molecule has 28 heavy (non-hydrogen) atoms. The summed E-state index contributed by atoms with van der Waals surface area (Å²) in [5.74, 6) is 0.0542. The molecule has 0 atom stereocenters. The van der Waals surface area contributed by atoms with Crippen molar-refractivity contribution in [3.05, 3.63) is 64.2 Å². The Hall–Kier alpha value is -1.89. The minimum absolute atomic E-state index is 0.0542. The van der Waals surface area contributed by atoms with Crippen molar-refractivity contribution in [2.75, 3.05) is 26.2 Å². The number of nitrogens with zero attached hydrogens (tertiary/aromatic N) is 2. The average molecular weight is 421 g/mol. The molecular weight excluding hydrogens is 396 g/mol. The van der Waals surface area contributed by atoms with Crippen LogP contribution < -0.4 is 0 Å². The summed E-state index contributed by atoms with van der Waals surface area (Å²) < 4.78 is 27.4. The summed E-state index contributed by atoms with van der Waals surface area (Å²) in [4.78, 5) is 14.6. The molecule has 1 heterocycles. The number of hydrogen-bond acceptors (Lipinski definition) is 3. The number of rotatable bonds is 5. The SMILES string of the molecule is Cc1ccc(S(=O)(=O)N2CCN(C(=O)CCc3ccc(Cl)cc3)CC2)c(C)c1. The van der Waals surface area contributed by atoms with Gasteiger partial charge >= 0.3 is 0 Å². The van der Waals surface area contributed by atoms with Gasteiger partial charge in [0.05, 0.1) is 4.90 Å². The van der Waals surface area contributed by atoms with Crippen molar-refractivity contribution in [2.45, 2.75) is 31.6 Å². The van der Waals surface area contributed by atoms with Crippen molar-refractivity contribution in [1.82, 2.24) is 9.21 Å². The third-order valence-corrected chi connectivity index (χ3v) is 7.39. The molecule has 1 aliphatic heterocycles. The van der Waals surface area contributed by atoms with Crippen LogP contribution in [0.4, 0.5) is 0 Å². The van der Waals surface area contributed by atoms with Crippen LogP contribution in [0.5, 0.6) is 0 Å². The first-order chi connectivity index (χ1) is 13.3. The topological polar surface area (TPSA) is 57.7 Å². The summed E-state index contributed by atoms with van der Waals surface area (Å²) in [6, 6.07) is 12.8. The van der Waals surface area contributed by atoms with E-state index in [9.17, 15) is 13.2 Å². The smallest absolute Gasteiger partial charge is 0.243 e. The fraction of sp³-hybridized carbons (Fsp3) is 0.381. The van der Waals surface area contributed by atoms with E-state index in [2.05, 4.69) is 0 Å². The van der Waals surface area contributed by atoms with Gasteiger partial charge in [-0.05, 0) is 49.6 Å². The lowest BCUT2D eigenvalue weighted by Crippen LogP contribution is -2.50. The Balaban J connectivity index is 1.57. The quantitative estimate of drug-likeness (QED) is 0.744. The number of hydrogen-bond donors (Lipinski definition) is 0. The molecule has 3 rings (SSSR count). The van der Waals surface area contributed by atoms with Gasteiger partial charge in [-0.3, -0.25) is 4.79 Å². The molecule has 2 aromatic rings. The molecule has 1 saturated heterocycles. The van der Waals surface area contributed by atoms with Crippen LogP contribution in [0.2, 0.25) is 5.02 Å². The molecule has 0 bridgehead atoms. The Morgan fingerprint density at radius 1 is 1.00 bits per heavy atom. The third-order valence-electron chi connectivity index (χ3n) is 5.08. The van der Waals surface area contributed by atoms with Crippen LogP contribution in [-0.4, -0.2) is 49.7 Å². The minimum Gasteiger partial charge on any atom is -0.340 e. The summed E-state index contributed by atoms with van der Waals surface area (Å²) in [5, 5.41) is 0.677.